The molecule has 1 aromatic rings. The molecular weight excluding hydrogens is 327 g/mol. The quantitative estimate of drug-likeness (QED) is 0.743. The van der Waals surface area contributed by atoms with Crippen LogP contribution in [0.4, 0.5) is 5.69 Å². The van der Waals surface area contributed by atoms with Crippen molar-refractivity contribution in [1.29, 1.82) is 0 Å². The van der Waals surface area contributed by atoms with Crippen molar-refractivity contribution in [1.82, 2.24) is 5.32 Å². The Bertz CT molecular complexity index is 517. The average Bonchev–Trinajstić information content (AvgIpc) is 2.44. The molecule has 0 spiro atoms. The fraction of sp³-hybridized carbons (Fsp3) is 0.467. The predicted molar refractivity (Wildman–Crippen MR) is 88.4 cm³/mol. The smallest absolute Gasteiger partial charge is 0.328 e. The molecule has 2 atom stereocenters. The summed E-state index contributed by atoms with van der Waals surface area (Å²) in [6.45, 7) is 3.61. The summed E-state index contributed by atoms with van der Waals surface area (Å²) in [7, 11) is 1.30. The number of esters is 1. The minimum atomic E-state index is -0.644. The molecule has 0 saturated heterocycles. The number of hydrogen-bond acceptors (Lipinski definition) is 4. The second kappa shape index (κ2) is 8.86. The standard InChI is InChI=1S/C15H20Cl2N2O3/c1-4-5-13(15(21)22-3)19-14(20)9(2)18-12-7-10(16)6-11(17)8-12/h6-9,13,18H,4-5H2,1-3H3,(H,19,20)/t9-,13-/m0/s1. The van der Waals surface area contributed by atoms with Crippen LogP contribution in [0.5, 0.6) is 0 Å². The van der Waals surface area contributed by atoms with Gasteiger partial charge in [-0.15, -0.1) is 0 Å². The third-order valence-electron chi connectivity index (χ3n) is 3.02. The Morgan fingerprint density at radius 3 is 2.32 bits per heavy atom. The molecule has 0 bridgehead atoms. The Balaban J connectivity index is 2.69. The van der Waals surface area contributed by atoms with Crippen LogP contribution in [0.25, 0.3) is 0 Å². The van der Waals surface area contributed by atoms with Crippen LogP contribution in [0, 0.1) is 0 Å². The van der Waals surface area contributed by atoms with Gasteiger partial charge in [0.1, 0.15) is 12.1 Å². The summed E-state index contributed by atoms with van der Waals surface area (Å²) in [6, 6.07) is 3.74. The Labute approximate surface area is 140 Å². The van der Waals surface area contributed by atoms with E-state index in [9.17, 15) is 9.59 Å². The molecule has 1 amide bonds. The van der Waals surface area contributed by atoms with Crippen LogP contribution in [0.2, 0.25) is 10.0 Å². The van der Waals surface area contributed by atoms with Gasteiger partial charge in [0.15, 0.2) is 0 Å². The first kappa shape index (κ1) is 18.6. The number of rotatable bonds is 7. The van der Waals surface area contributed by atoms with Gasteiger partial charge in [0, 0.05) is 15.7 Å². The number of carbonyl (C=O) groups is 2. The summed E-state index contributed by atoms with van der Waals surface area (Å²) in [5, 5.41) is 6.62. The number of carbonyl (C=O) groups excluding carboxylic acids is 2. The average molecular weight is 347 g/mol. The van der Waals surface area contributed by atoms with Gasteiger partial charge in [-0.1, -0.05) is 36.5 Å². The topological polar surface area (TPSA) is 67.4 Å². The third kappa shape index (κ3) is 5.73. The van der Waals surface area contributed by atoms with Crippen molar-refractivity contribution < 1.29 is 14.3 Å². The zero-order chi connectivity index (χ0) is 16.7. The predicted octanol–water partition coefficient (Wildman–Crippen LogP) is 3.25. The van der Waals surface area contributed by atoms with Crippen LogP contribution in [0.15, 0.2) is 18.2 Å². The van der Waals surface area contributed by atoms with Crippen molar-refractivity contribution >= 4 is 40.8 Å². The lowest BCUT2D eigenvalue weighted by Crippen LogP contribution is -2.47. The first-order valence-electron chi connectivity index (χ1n) is 6.98. The van der Waals surface area contributed by atoms with Gasteiger partial charge in [0.25, 0.3) is 0 Å². The summed E-state index contributed by atoms with van der Waals surface area (Å²) in [4.78, 5) is 23.8. The maximum Gasteiger partial charge on any atom is 0.328 e. The van der Waals surface area contributed by atoms with Crippen molar-refractivity contribution in [3.63, 3.8) is 0 Å². The van der Waals surface area contributed by atoms with Crippen LogP contribution in [-0.2, 0) is 14.3 Å². The summed E-state index contributed by atoms with van der Waals surface area (Å²) in [5.74, 6) is -0.756. The fourth-order valence-electron chi connectivity index (χ4n) is 1.93. The normalized spacial score (nSPS) is 13.1. The summed E-state index contributed by atoms with van der Waals surface area (Å²) in [5.41, 5.74) is 0.630. The van der Waals surface area contributed by atoms with Crippen LogP contribution in [0.3, 0.4) is 0 Å². The Kier molecular flexibility index (Phi) is 7.48. The van der Waals surface area contributed by atoms with E-state index in [4.69, 9.17) is 23.2 Å². The molecule has 0 saturated carbocycles. The number of anilines is 1. The first-order valence-corrected chi connectivity index (χ1v) is 7.73. The van der Waals surface area contributed by atoms with Gasteiger partial charge in [0.05, 0.1) is 7.11 Å². The molecule has 22 heavy (non-hydrogen) atoms. The van der Waals surface area contributed by atoms with Crippen LogP contribution in [-0.4, -0.2) is 31.1 Å². The number of ether oxygens (including phenoxy) is 1. The van der Waals surface area contributed by atoms with Crippen LogP contribution >= 0.6 is 23.2 Å². The molecule has 0 aliphatic carbocycles. The highest BCUT2D eigenvalue weighted by molar-refractivity contribution is 6.35. The van der Waals surface area contributed by atoms with E-state index in [1.54, 1.807) is 25.1 Å². The monoisotopic (exact) mass is 346 g/mol. The van der Waals surface area contributed by atoms with E-state index in [1.165, 1.54) is 7.11 Å². The van der Waals surface area contributed by atoms with E-state index in [0.717, 1.165) is 6.42 Å². The molecule has 0 aromatic heterocycles. The fourth-order valence-corrected chi connectivity index (χ4v) is 2.46. The molecule has 5 nitrogen and oxygen atoms in total. The van der Waals surface area contributed by atoms with Crippen molar-refractivity contribution in [2.45, 2.75) is 38.8 Å². The lowest BCUT2D eigenvalue weighted by Gasteiger charge is -2.20. The zero-order valence-electron chi connectivity index (χ0n) is 12.8. The number of amides is 1. The lowest BCUT2D eigenvalue weighted by atomic mass is 10.1. The summed E-state index contributed by atoms with van der Waals surface area (Å²) < 4.78 is 4.69. The van der Waals surface area contributed by atoms with Crippen molar-refractivity contribution in [3.8, 4) is 0 Å². The molecular formula is C15H20Cl2N2O3. The molecule has 0 aliphatic rings. The van der Waals surface area contributed by atoms with Gasteiger partial charge < -0.3 is 15.4 Å². The molecule has 0 heterocycles. The van der Waals surface area contributed by atoms with Crippen LogP contribution < -0.4 is 10.6 Å². The highest BCUT2D eigenvalue weighted by Gasteiger charge is 2.23. The van der Waals surface area contributed by atoms with Gasteiger partial charge in [0.2, 0.25) is 5.91 Å². The van der Waals surface area contributed by atoms with Crippen molar-refractivity contribution in [2.24, 2.45) is 0 Å². The van der Waals surface area contributed by atoms with E-state index < -0.39 is 18.1 Å². The van der Waals surface area contributed by atoms with E-state index in [2.05, 4.69) is 15.4 Å². The van der Waals surface area contributed by atoms with E-state index in [1.807, 2.05) is 6.92 Å². The minimum Gasteiger partial charge on any atom is -0.467 e. The second-order valence-electron chi connectivity index (χ2n) is 4.90. The Morgan fingerprint density at radius 1 is 1.23 bits per heavy atom. The lowest BCUT2D eigenvalue weighted by molar-refractivity contribution is -0.145. The molecule has 1 rings (SSSR count). The van der Waals surface area contributed by atoms with Gasteiger partial charge in [-0.25, -0.2) is 4.79 Å². The van der Waals surface area contributed by atoms with Gasteiger partial charge >= 0.3 is 5.97 Å². The molecule has 122 valence electrons. The number of benzene rings is 1. The first-order chi connectivity index (χ1) is 10.4. The highest BCUT2D eigenvalue weighted by Crippen LogP contribution is 2.22. The molecule has 0 fully saturated rings. The van der Waals surface area contributed by atoms with E-state index >= 15 is 0 Å². The van der Waals surface area contributed by atoms with Gasteiger partial charge in [-0.2, -0.15) is 0 Å². The third-order valence-corrected chi connectivity index (χ3v) is 3.45. The van der Waals surface area contributed by atoms with Gasteiger partial charge in [-0.3, -0.25) is 4.79 Å². The van der Waals surface area contributed by atoms with E-state index in [0.29, 0.717) is 22.2 Å². The van der Waals surface area contributed by atoms with Crippen molar-refractivity contribution in [3.05, 3.63) is 28.2 Å². The van der Waals surface area contributed by atoms with Gasteiger partial charge in [-0.05, 0) is 31.5 Å². The Morgan fingerprint density at radius 2 is 1.82 bits per heavy atom. The number of methoxy groups -OCH3 is 1. The molecule has 0 radical (unpaired) electrons. The molecule has 2 N–H and O–H groups in total. The molecule has 1 aromatic carbocycles. The van der Waals surface area contributed by atoms with Crippen LogP contribution in [0.1, 0.15) is 26.7 Å². The molecule has 0 aliphatic heterocycles. The molecule has 7 heteroatoms. The summed E-state index contributed by atoms with van der Waals surface area (Å²) >= 11 is 11.8. The minimum absolute atomic E-state index is 0.306. The number of hydrogen-bond donors (Lipinski definition) is 2. The zero-order valence-corrected chi connectivity index (χ0v) is 14.3. The summed E-state index contributed by atoms with van der Waals surface area (Å²) in [6.07, 6.45) is 1.28. The SMILES string of the molecule is CCC[C@H](NC(=O)[C@H](C)Nc1cc(Cl)cc(Cl)c1)C(=O)OC. The number of halogens is 2. The highest BCUT2D eigenvalue weighted by atomic mass is 35.5. The molecule has 0 unspecified atom stereocenters. The maximum atomic E-state index is 12.2. The van der Waals surface area contributed by atoms with Crippen molar-refractivity contribution in [2.75, 3.05) is 12.4 Å². The van der Waals surface area contributed by atoms with E-state index in [-0.39, 0.29) is 5.91 Å². The number of nitrogens with one attached hydrogen (secondary N) is 2. The Hall–Kier alpha value is -1.46. The largest absolute Gasteiger partial charge is 0.467 e. The second-order valence-corrected chi connectivity index (χ2v) is 5.77. The maximum absolute atomic E-state index is 12.2.